The van der Waals surface area contributed by atoms with Crippen molar-refractivity contribution in [3.63, 3.8) is 0 Å². The van der Waals surface area contributed by atoms with Crippen LogP contribution >= 0.6 is 0 Å². The van der Waals surface area contributed by atoms with Crippen LogP contribution < -0.4 is 10.1 Å². The number of carbonyl (C=O) groups is 1. The second-order valence-electron chi connectivity index (χ2n) is 4.44. The quantitative estimate of drug-likeness (QED) is 0.931. The minimum atomic E-state index is -0.504. The van der Waals surface area contributed by atoms with Gasteiger partial charge in [-0.25, -0.2) is 14.4 Å². The molecule has 0 radical (unpaired) electrons. The van der Waals surface area contributed by atoms with Gasteiger partial charge in [0.05, 0.1) is 18.0 Å². The highest BCUT2D eigenvalue weighted by atomic mass is 19.1. The van der Waals surface area contributed by atoms with Crippen molar-refractivity contribution in [1.82, 2.24) is 15.3 Å². The Balaban J connectivity index is 2.31. The van der Waals surface area contributed by atoms with Gasteiger partial charge in [0.1, 0.15) is 17.9 Å². The van der Waals surface area contributed by atoms with E-state index in [0.717, 1.165) is 6.07 Å². The van der Waals surface area contributed by atoms with Gasteiger partial charge in [0.15, 0.2) is 5.75 Å². The van der Waals surface area contributed by atoms with Gasteiger partial charge in [-0.15, -0.1) is 0 Å². The van der Waals surface area contributed by atoms with E-state index in [2.05, 4.69) is 15.3 Å². The minimum Gasteiger partial charge on any atom is -0.453 e. The molecule has 0 saturated heterocycles. The average Bonchev–Trinajstić information content (AvgIpc) is 2.41. The third-order valence-corrected chi connectivity index (χ3v) is 2.37. The molecule has 0 unspecified atom stereocenters. The zero-order valence-corrected chi connectivity index (χ0v) is 11.1. The lowest BCUT2D eigenvalue weighted by Gasteiger charge is -2.12. The Bertz CT molecular complexity index is 603. The number of carbonyl (C=O) groups excluding carboxylic acids is 1. The lowest BCUT2D eigenvalue weighted by molar-refractivity contribution is 0.0940. The molecule has 0 spiro atoms. The Morgan fingerprint density at radius 1 is 1.30 bits per heavy atom. The van der Waals surface area contributed by atoms with Crippen LogP contribution in [0.3, 0.4) is 0 Å². The maximum Gasteiger partial charge on any atom is 0.255 e. The van der Waals surface area contributed by atoms with Crippen LogP contribution in [0.15, 0.2) is 36.9 Å². The minimum absolute atomic E-state index is 0.0568. The number of nitrogens with zero attached hydrogens (tertiary/aromatic N) is 2. The maximum atomic E-state index is 13.3. The first-order valence-corrected chi connectivity index (χ1v) is 6.09. The lowest BCUT2D eigenvalue weighted by Crippen LogP contribution is -2.30. The van der Waals surface area contributed by atoms with Crippen molar-refractivity contribution in [3.8, 4) is 11.5 Å². The summed E-state index contributed by atoms with van der Waals surface area (Å²) in [5, 5.41) is 2.70. The van der Waals surface area contributed by atoms with Gasteiger partial charge in [-0.2, -0.15) is 0 Å². The van der Waals surface area contributed by atoms with Crippen LogP contribution in [0.2, 0.25) is 0 Å². The number of ether oxygens (including phenoxy) is 1. The van der Waals surface area contributed by atoms with E-state index in [1.165, 1.54) is 30.9 Å². The predicted molar refractivity (Wildman–Crippen MR) is 71.1 cm³/mol. The Morgan fingerprint density at radius 3 is 2.65 bits per heavy atom. The smallest absolute Gasteiger partial charge is 0.255 e. The van der Waals surface area contributed by atoms with Crippen molar-refractivity contribution in [2.45, 2.75) is 19.9 Å². The molecule has 0 aliphatic carbocycles. The number of halogens is 1. The van der Waals surface area contributed by atoms with E-state index >= 15 is 0 Å². The van der Waals surface area contributed by atoms with Gasteiger partial charge in [-0.05, 0) is 32.0 Å². The number of nitrogens with one attached hydrogen (secondary N) is 1. The monoisotopic (exact) mass is 275 g/mol. The highest BCUT2D eigenvalue weighted by Gasteiger charge is 2.15. The third kappa shape index (κ3) is 3.50. The molecule has 2 rings (SSSR count). The number of benzene rings is 1. The summed E-state index contributed by atoms with van der Waals surface area (Å²) in [6, 6.07) is 3.71. The zero-order valence-electron chi connectivity index (χ0n) is 11.1. The molecule has 0 aliphatic heterocycles. The van der Waals surface area contributed by atoms with Crippen molar-refractivity contribution < 1.29 is 13.9 Å². The summed E-state index contributed by atoms with van der Waals surface area (Å²) in [6.45, 7) is 3.64. The number of rotatable bonds is 4. The van der Waals surface area contributed by atoms with Crippen LogP contribution in [-0.4, -0.2) is 21.9 Å². The SMILES string of the molecule is CC(C)NC(=O)c1cc(F)ccc1Oc1cncnc1. The van der Waals surface area contributed by atoms with E-state index in [1.54, 1.807) is 0 Å². The average molecular weight is 275 g/mol. The molecule has 5 nitrogen and oxygen atoms in total. The Labute approximate surface area is 115 Å². The van der Waals surface area contributed by atoms with Gasteiger partial charge in [0.2, 0.25) is 0 Å². The summed E-state index contributed by atoms with van der Waals surface area (Å²) in [6.07, 6.45) is 4.28. The first kappa shape index (κ1) is 13.9. The van der Waals surface area contributed by atoms with E-state index in [-0.39, 0.29) is 17.4 Å². The van der Waals surface area contributed by atoms with Crippen LogP contribution in [-0.2, 0) is 0 Å². The fraction of sp³-hybridized carbons (Fsp3) is 0.214. The molecule has 2 aromatic rings. The van der Waals surface area contributed by atoms with Crippen LogP contribution in [0.1, 0.15) is 24.2 Å². The highest BCUT2D eigenvalue weighted by Crippen LogP contribution is 2.25. The molecule has 0 fully saturated rings. The van der Waals surface area contributed by atoms with Gasteiger partial charge in [0, 0.05) is 6.04 Å². The molecular weight excluding hydrogens is 261 g/mol. The number of aromatic nitrogens is 2. The Hall–Kier alpha value is -2.50. The van der Waals surface area contributed by atoms with Crippen molar-refractivity contribution in [3.05, 3.63) is 48.3 Å². The molecule has 1 N–H and O–H groups in total. The van der Waals surface area contributed by atoms with Crippen molar-refractivity contribution in [2.75, 3.05) is 0 Å². The van der Waals surface area contributed by atoms with Gasteiger partial charge in [-0.3, -0.25) is 4.79 Å². The van der Waals surface area contributed by atoms with E-state index < -0.39 is 11.7 Å². The normalized spacial score (nSPS) is 10.4. The summed E-state index contributed by atoms with van der Waals surface area (Å²) in [5.74, 6) is -0.279. The summed E-state index contributed by atoms with van der Waals surface area (Å²) >= 11 is 0. The standard InChI is InChI=1S/C14H14FN3O2/c1-9(2)18-14(19)12-5-10(15)3-4-13(12)20-11-6-16-8-17-7-11/h3-9H,1-2H3,(H,18,19). The van der Waals surface area contributed by atoms with Gasteiger partial charge in [-0.1, -0.05) is 0 Å². The molecule has 1 amide bonds. The molecule has 1 aromatic carbocycles. The molecule has 0 aliphatic rings. The van der Waals surface area contributed by atoms with E-state index in [9.17, 15) is 9.18 Å². The Kier molecular flexibility index (Phi) is 4.24. The number of amides is 1. The highest BCUT2D eigenvalue weighted by molar-refractivity contribution is 5.97. The molecule has 0 saturated carbocycles. The van der Waals surface area contributed by atoms with Crippen molar-refractivity contribution in [1.29, 1.82) is 0 Å². The molecule has 6 heteroatoms. The first-order chi connectivity index (χ1) is 9.56. The molecular formula is C14H14FN3O2. The summed E-state index contributed by atoms with van der Waals surface area (Å²) in [7, 11) is 0. The fourth-order valence-corrected chi connectivity index (χ4v) is 1.57. The van der Waals surface area contributed by atoms with Crippen molar-refractivity contribution >= 4 is 5.91 Å². The molecule has 20 heavy (non-hydrogen) atoms. The van der Waals surface area contributed by atoms with Gasteiger partial charge in [0.25, 0.3) is 5.91 Å². The van der Waals surface area contributed by atoms with E-state index in [4.69, 9.17) is 4.74 Å². The Morgan fingerprint density at radius 2 is 2.00 bits per heavy atom. The molecule has 0 bridgehead atoms. The largest absolute Gasteiger partial charge is 0.453 e. The maximum absolute atomic E-state index is 13.3. The fourth-order valence-electron chi connectivity index (χ4n) is 1.57. The molecule has 104 valence electrons. The number of hydrogen-bond acceptors (Lipinski definition) is 4. The molecule has 1 heterocycles. The van der Waals surface area contributed by atoms with E-state index in [0.29, 0.717) is 5.75 Å². The molecule has 1 aromatic heterocycles. The third-order valence-electron chi connectivity index (χ3n) is 2.37. The van der Waals surface area contributed by atoms with Crippen LogP contribution in [0, 0.1) is 5.82 Å². The number of hydrogen-bond donors (Lipinski definition) is 1. The first-order valence-electron chi connectivity index (χ1n) is 6.09. The van der Waals surface area contributed by atoms with Gasteiger partial charge >= 0.3 is 0 Å². The second-order valence-corrected chi connectivity index (χ2v) is 4.44. The van der Waals surface area contributed by atoms with Crippen LogP contribution in [0.25, 0.3) is 0 Å². The second kappa shape index (κ2) is 6.10. The summed E-state index contributed by atoms with van der Waals surface area (Å²) in [4.78, 5) is 19.7. The van der Waals surface area contributed by atoms with Gasteiger partial charge < -0.3 is 10.1 Å². The van der Waals surface area contributed by atoms with Crippen molar-refractivity contribution in [2.24, 2.45) is 0 Å². The van der Waals surface area contributed by atoms with Crippen LogP contribution in [0.5, 0.6) is 11.5 Å². The van der Waals surface area contributed by atoms with E-state index in [1.807, 2.05) is 13.8 Å². The van der Waals surface area contributed by atoms with Crippen LogP contribution in [0.4, 0.5) is 4.39 Å². The topological polar surface area (TPSA) is 64.1 Å². The predicted octanol–water partition coefficient (Wildman–Crippen LogP) is 2.55. The summed E-state index contributed by atoms with van der Waals surface area (Å²) in [5.41, 5.74) is 0.127. The summed E-state index contributed by atoms with van der Waals surface area (Å²) < 4.78 is 18.8. The lowest BCUT2D eigenvalue weighted by atomic mass is 10.1. The molecule has 0 atom stereocenters. The zero-order chi connectivity index (χ0) is 14.5.